The predicted octanol–water partition coefficient (Wildman–Crippen LogP) is 4.78. The number of halogens is 2. The summed E-state index contributed by atoms with van der Waals surface area (Å²) in [5.74, 6) is -0.0625. The Bertz CT molecular complexity index is 625. The van der Waals surface area contributed by atoms with Gasteiger partial charge in [0.25, 0.3) is 5.91 Å². The Labute approximate surface area is 137 Å². The quantitative estimate of drug-likeness (QED) is 0.680. The minimum atomic E-state index is -0.0625. The number of amides is 1. The molecule has 0 unspecified atom stereocenters. The Morgan fingerprint density at radius 1 is 1.20 bits per heavy atom. The molecule has 1 amide bonds. The van der Waals surface area contributed by atoms with Crippen molar-refractivity contribution in [2.75, 3.05) is 11.9 Å². The second-order valence-corrected chi connectivity index (χ2v) is 6.08. The average molecular weight is 400 g/mol. The Kier molecular flexibility index (Phi) is 5.05. The first kappa shape index (κ1) is 15.3. The second-order valence-electron chi connectivity index (χ2n) is 4.51. The molecular weight excluding hydrogens is 385 g/mol. The molecule has 0 aliphatic carbocycles. The maximum atomic E-state index is 12.4. The molecule has 0 aliphatic rings. The topological polar surface area (TPSA) is 20.3 Å². The molecule has 2 rings (SSSR count). The van der Waals surface area contributed by atoms with Crippen molar-refractivity contribution in [1.82, 2.24) is 0 Å². The van der Waals surface area contributed by atoms with Gasteiger partial charge in [-0.3, -0.25) is 4.79 Å². The SMILES string of the molecule is CCc1ccc(N(C)C(=O)c2ccc(I)c(Cl)c2)cc1. The van der Waals surface area contributed by atoms with Crippen molar-refractivity contribution in [3.63, 3.8) is 0 Å². The van der Waals surface area contributed by atoms with Gasteiger partial charge in [0.05, 0.1) is 5.02 Å². The van der Waals surface area contributed by atoms with E-state index in [0.29, 0.717) is 10.6 Å². The van der Waals surface area contributed by atoms with E-state index >= 15 is 0 Å². The first-order valence-corrected chi connectivity index (χ1v) is 7.80. The van der Waals surface area contributed by atoms with Gasteiger partial charge in [-0.05, 0) is 64.9 Å². The van der Waals surface area contributed by atoms with Crippen molar-refractivity contribution < 1.29 is 4.79 Å². The highest BCUT2D eigenvalue weighted by Crippen LogP contribution is 2.22. The van der Waals surface area contributed by atoms with Gasteiger partial charge in [0.2, 0.25) is 0 Å². The minimum Gasteiger partial charge on any atom is -0.311 e. The van der Waals surface area contributed by atoms with Gasteiger partial charge < -0.3 is 4.90 Å². The summed E-state index contributed by atoms with van der Waals surface area (Å²) in [6, 6.07) is 13.4. The van der Waals surface area contributed by atoms with Gasteiger partial charge in [0.1, 0.15) is 0 Å². The molecule has 104 valence electrons. The summed E-state index contributed by atoms with van der Waals surface area (Å²) in [5, 5.41) is 0.603. The molecule has 0 aliphatic heterocycles. The Hall–Kier alpha value is -1.07. The molecule has 0 N–H and O–H groups in total. The number of anilines is 1. The van der Waals surface area contributed by atoms with E-state index in [1.807, 2.05) is 30.3 Å². The molecule has 0 radical (unpaired) electrons. The van der Waals surface area contributed by atoms with Crippen LogP contribution in [0.2, 0.25) is 5.02 Å². The third-order valence-corrected chi connectivity index (χ3v) is 4.78. The van der Waals surface area contributed by atoms with Crippen LogP contribution in [0.4, 0.5) is 5.69 Å². The van der Waals surface area contributed by atoms with Gasteiger partial charge in [-0.15, -0.1) is 0 Å². The average Bonchev–Trinajstić information content (AvgIpc) is 2.48. The zero-order chi connectivity index (χ0) is 14.7. The third kappa shape index (κ3) is 3.33. The van der Waals surface area contributed by atoms with Crippen LogP contribution < -0.4 is 4.90 Å². The van der Waals surface area contributed by atoms with Gasteiger partial charge in [-0.1, -0.05) is 30.7 Å². The number of aryl methyl sites for hydroxylation is 1. The van der Waals surface area contributed by atoms with Gasteiger partial charge >= 0.3 is 0 Å². The maximum Gasteiger partial charge on any atom is 0.258 e. The number of hydrogen-bond acceptors (Lipinski definition) is 1. The predicted molar refractivity (Wildman–Crippen MR) is 92.7 cm³/mol. The molecule has 0 saturated carbocycles. The van der Waals surface area contributed by atoms with E-state index in [2.05, 4.69) is 29.5 Å². The highest BCUT2D eigenvalue weighted by Gasteiger charge is 2.14. The number of rotatable bonds is 3. The molecule has 0 heterocycles. The van der Waals surface area contributed by atoms with Crippen LogP contribution in [0, 0.1) is 3.57 Å². The summed E-state index contributed by atoms with van der Waals surface area (Å²) in [6.07, 6.45) is 0.991. The standard InChI is InChI=1S/C16H15ClINO/c1-3-11-4-7-13(8-5-11)19(2)16(20)12-6-9-15(18)14(17)10-12/h4-10H,3H2,1-2H3. The summed E-state index contributed by atoms with van der Waals surface area (Å²) in [5.41, 5.74) is 2.73. The van der Waals surface area contributed by atoms with E-state index in [0.717, 1.165) is 15.7 Å². The number of carbonyl (C=O) groups is 1. The van der Waals surface area contributed by atoms with E-state index in [1.165, 1.54) is 5.56 Å². The summed E-state index contributed by atoms with van der Waals surface area (Å²) >= 11 is 8.21. The molecule has 2 aromatic carbocycles. The summed E-state index contributed by atoms with van der Waals surface area (Å²) < 4.78 is 0.941. The van der Waals surface area contributed by atoms with E-state index in [4.69, 9.17) is 11.6 Å². The Balaban J connectivity index is 2.24. The van der Waals surface area contributed by atoms with Crippen molar-refractivity contribution in [3.8, 4) is 0 Å². The Morgan fingerprint density at radius 3 is 2.40 bits per heavy atom. The zero-order valence-corrected chi connectivity index (χ0v) is 14.3. The molecule has 0 saturated heterocycles. The molecule has 0 bridgehead atoms. The first-order valence-electron chi connectivity index (χ1n) is 6.35. The summed E-state index contributed by atoms with van der Waals surface area (Å²) in [7, 11) is 1.77. The lowest BCUT2D eigenvalue weighted by Crippen LogP contribution is -2.26. The van der Waals surface area contributed by atoms with Crippen molar-refractivity contribution >= 4 is 45.8 Å². The number of carbonyl (C=O) groups excluding carboxylic acids is 1. The monoisotopic (exact) mass is 399 g/mol. The fourth-order valence-corrected chi connectivity index (χ4v) is 2.41. The van der Waals surface area contributed by atoms with E-state index in [-0.39, 0.29) is 5.91 Å². The highest BCUT2D eigenvalue weighted by molar-refractivity contribution is 14.1. The summed E-state index contributed by atoms with van der Waals surface area (Å²) in [4.78, 5) is 14.1. The van der Waals surface area contributed by atoms with Crippen LogP contribution >= 0.6 is 34.2 Å². The molecule has 4 heteroatoms. The van der Waals surface area contributed by atoms with Gasteiger partial charge in [0.15, 0.2) is 0 Å². The van der Waals surface area contributed by atoms with Crippen LogP contribution in [-0.4, -0.2) is 13.0 Å². The van der Waals surface area contributed by atoms with Crippen LogP contribution in [0.25, 0.3) is 0 Å². The van der Waals surface area contributed by atoms with Crippen LogP contribution in [0.3, 0.4) is 0 Å². The molecule has 2 nitrogen and oxygen atoms in total. The first-order chi connectivity index (χ1) is 9.52. The molecule has 2 aromatic rings. The smallest absolute Gasteiger partial charge is 0.258 e. The maximum absolute atomic E-state index is 12.4. The van der Waals surface area contributed by atoms with Crippen molar-refractivity contribution in [2.45, 2.75) is 13.3 Å². The van der Waals surface area contributed by atoms with Crippen molar-refractivity contribution in [2.24, 2.45) is 0 Å². The number of hydrogen-bond donors (Lipinski definition) is 0. The number of nitrogens with zero attached hydrogens (tertiary/aromatic N) is 1. The van der Waals surface area contributed by atoms with Crippen molar-refractivity contribution in [1.29, 1.82) is 0 Å². The fraction of sp³-hybridized carbons (Fsp3) is 0.188. The molecule has 0 atom stereocenters. The molecular formula is C16H15ClINO. The van der Waals surface area contributed by atoms with Crippen molar-refractivity contribution in [3.05, 3.63) is 62.2 Å². The lowest BCUT2D eigenvalue weighted by molar-refractivity contribution is 0.0993. The number of benzene rings is 2. The second kappa shape index (κ2) is 6.59. The van der Waals surface area contributed by atoms with Gasteiger partial charge in [-0.2, -0.15) is 0 Å². The lowest BCUT2D eigenvalue weighted by atomic mass is 10.1. The van der Waals surface area contributed by atoms with E-state index in [9.17, 15) is 4.79 Å². The van der Waals surface area contributed by atoms with Crippen LogP contribution in [-0.2, 0) is 6.42 Å². The Morgan fingerprint density at radius 2 is 1.85 bits per heavy atom. The van der Waals surface area contributed by atoms with Gasteiger partial charge in [-0.25, -0.2) is 0 Å². The van der Waals surface area contributed by atoms with E-state index < -0.39 is 0 Å². The van der Waals surface area contributed by atoms with Crippen LogP contribution in [0.1, 0.15) is 22.8 Å². The fourth-order valence-electron chi connectivity index (χ4n) is 1.90. The normalized spacial score (nSPS) is 10.4. The summed E-state index contributed by atoms with van der Waals surface area (Å²) in [6.45, 7) is 2.11. The molecule has 0 spiro atoms. The largest absolute Gasteiger partial charge is 0.311 e. The minimum absolute atomic E-state index is 0.0625. The van der Waals surface area contributed by atoms with Crippen LogP contribution in [0.15, 0.2) is 42.5 Å². The molecule has 0 fully saturated rings. The zero-order valence-electron chi connectivity index (χ0n) is 11.4. The lowest BCUT2D eigenvalue weighted by Gasteiger charge is -2.18. The van der Waals surface area contributed by atoms with E-state index in [1.54, 1.807) is 24.1 Å². The molecule has 20 heavy (non-hydrogen) atoms. The molecule has 0 aromatic heterocycles. The van der Waals surface area contributed by atoms with Crippen LogP contribution in [0.5, 0.6) is 0 Å². The third-order valence-electron chi connectivity index (χ3n) is 3.20. The van der Waals surface area contributed by atoms with Gasteiger partial charge in [0, 0.05) is 21.9 Å². The highest BCUT2D eigenvalue weighted by atomic mass is 127.